The maximum absolute atomic E-state index is 14.2. The van der Waals surface area contributed by atoms with Crippen LogP contribution in [0.4, 0.5) is 4.39 Å². The number of aromatic nitrogens is 2. The zero-order chi connectivity index (χ0) is 12.4. The Morgan fingerprint density at radius 1 is 1.59 bits per heavy atom. The summed E-state index contributed by atoms with van der Waals surface area (Å²) in [5.74, 6) is 0. The Bertz CT molecular complexity index is 385. The first-order valence-corrected chi connectivity index (χ1v) is 6.94. The summed E-state index contributed by atoms with van der Waals surface area (Å²) in [7, 11) is 1.87. The molecule has 0 amide bonds. The van der Waals surface area contributed by atoms with Crippen LogP contribution in [0.3, 0.4) is 0 Å². The lowest BCUT2D eigenvalue weighted by Crippen LogP contribution is -2.42. The molecule has 96 valence electrons. The van der Waals surface area contributed by atoms with Gasteiger partial charge in [0.2, 0.25) is 0 Å². The molecule has 1 aliphatic rings. The molecule has 3 nitrogen and oxygen atoms in total. The quantitative estimate of drug-likeness (QED) is 0.930. The highest BCUT2D eigenvalue weighted by Gasteiger charge is 2.25. The Kier molecular flexibility index (Phi) is 4.20. The molecule has 0 aromatic carbocycles. The summed E-state index contributed by atoms with van der Waals surface area (Å²) in [4.78, 5) is 0. The van der Waals surface area contributed by atoms with Gasteiger partial charge in [0.15, 0.2) is 0 Å². The van der Waals surface area contributed by atoms with E-state index in [4.69, 9.17) is 0 Å². The van der Waals surface area contributed by atoms with Crippen molar-refractivity contribution in [1.29, 1.82) is 0 Å². The van der Waals surface area contributed by atoms with Gasteiger partial charge in [0.05, 0.1) is 15.9 Å². The van der Waals surface area contributed by atoms with Crippen molar-refractivity contribution >= 4 is 15.9 Å². The average molecular weight is 304 g/mol. The highest BCUT2D eigenvalue weighted by molar-refractivity contribution is 9.10. The molecule has 2 heterocycles. The molecular formula is C12H19BrFN3. The highest BCUT2D eigenvalue weighted by Crippen LogP contribution is 2.24. The van der Waals surface area contributed by atoms with Gasteiger partial charge in [-0.3, -0.25) is 4.68 Å². The molecular weight excluding hydrogens is 285 g/mol. The summed E-state index contributed by atoms with van der Waals surface area (Å²) in [6.45, 7) is 2.87. The number of nitrogens with one attached hydrogen (secondary N) is 1. The lowest BCUT2D eigenvalue weighted by molar-refractivity contribution is 0.214. The summed E-state index contributed by atoms with van der Waals surface area (Å²) in [5.41, 5.74) is 1.87. The fourth-order valence-corrected chi connectivity index (χ4v) is 2.91. The average Bonchev–Trinajstić information content (AvgIpc) is 2.57. The van der Waals surface area contributed by atoms with E-state index in [1.807, 2.05) is 14.0 Å². The number of aryl methyl sites for hydroxylation is 2. The minimum absolute atomic E-state index is 0.00542. The first-order valence-electron chi connectivity index (χ1n) is 6.15. The van der Waals surface area contributed by atoms with Gasteiger partial charge in [0, 0.05) is 19.5 Å². The van der Waals surface area contributed by atoms with Crippen LogP contribution in [0.25, 0.3) is 0 Å². The highest BCUT2D eigenvalue weighted by atomic mass is 79.9. The summed E-state index contributed by atoms with van der Waals surface area (Å²) >= 11 is 3.48. The second-order valence-corrected chi connectivity index (χ2v) is 5.54. The van der Waals surface area contributed by atoms with Crippen molar-refractivity contribution in [3.8, 4) is 0 Å². The van der Waals surface area contributed by atoms with E-state index >= 15 is 0 Å². The third kappa shape index (κ3) is 2.88. The maximum Gasteiger partial charge on any atom is 0.121 e. The molecule has 0 spiro atoms. The number of hydrogen-bond acceptors (Lipinski definition) is 2. The molecule has 1 saturated heterocycles. The molecule has 17 heavy (non-hydrogen) atoms. The Labute approximate surface area is 110 Å². The van der Waals surface area contributed by atoms with Crippen LogP contribution >= 0.6 is 15.9 Å². The molecule has 1 aliphatic heterocycles. The fourth-order valence-electron chi connectivity index (χ4n) is 2.42. The Morgan fingerprint density at radius 3 is 2.88 bits per heavy atom. The van der Waals surface area contributed by atoms with Crippen molar-refractivity contribution < 1.29 is 4.39 Å². The number of hydrogen-bond donors (Lipinski definition) is 1. The maximum atomic E-state index is 14.2. The topological polar surface area (TPSA) is 29.9 Å². The van der Waals surface area contributed by atoms with Gasteiger partial charge >= 0.3 is 0 Å². The van der Waals surface area contributed by atoms with Crippen molar-refractivity contribution in [3.05, 3.63) is 15.9 Å². The van der Waals surface area contributed by atoms with Gasteiger partial charge in [-0.1, -0.05) is 6.42 Å². The summed E-state index contributed by atoms with van der Waals surface area (Å²) < 4.78 is 16.9. The molecule has 0 bridgehead atoms. The minimum Gasteiger partial charge on any atom is -0.311 e. The molecule has 1 N–H and O–H groups in total. The van der Waals surface area contributed by atoms with E-state index < -0.39 is 6.17 Å². The third-order valence-electron chi connectivity index (χ3n) is 3.44. The van der Waals surface area contributed by atoms with Gasteiger partial charge < -0.3 is 5.32 Å². The summed E-state index contributed by atoms with van der Waals surface area (Å²) in [5, 5.41) is 7.56. The molecule has 0 radical (unpaired) electrons. The van der Waals surface area contributed by atoms with Crippen LogP contribution in [0.5, 0.6) is 0 Å². The molecule has 2 atom stereocenters. The van der Waals surface area contributed by atoms with Gasteiger partial charge in [-0.25, -0.2) is 4.39 Å². The lowest BCUT2D eigenvalue weighted by atomic mass is 9.98. The van der Waals surface area contributed by atoms with Crippen LogP contribution < -0.4 is 5.32 Å². The van der Waals surface area contributed by atoms with Gasteiger partial charge in [-0.15, -0.1) is 0 Å². The van der Waals surface area contributed by atoms with Gasteiger partial charge in [0.25, 0.3) is 0 Å². The number of halogens is 2. The van der Waals surface area contributed by atoms with Crippen LogP contribution in [0.2, 0.25) is 0 Å². The second-order valence-electron chi connectivity index (χ2n) is 4.75. The number of nitrogens with zero attached hydrogens (tertiary/aromatic N) is 2. The van der Waals surface area contributed by atoms with Crippen LogP contribution in [0, 0.1) is 6.92 Å². The predicted octanol–water partition coefficient (Wildman–Crippen LogP) is 2.51. The predicted molar refractivity (Wildman–Crippen MR) is 69.9 cm³/mol. The van der Waals surface area contributed by atoms with Crippen molar-refractivity contribution in [2.75, 3.05) is 6.54 Å². The molecule has 0 saturated carbocycles. The van der Waals surface area contributed by atoms with E-state index in [0.29, 0.717) is 6.42 Å². The molecule has 5 heteroatoms. The lowest BCUT2D eigenvalue weighted by Gasteiger charge is -2.26. The smallest absolute Gasteiger partial charge is 0.121 e. The summed E-state index contributed by atoms with van der Waals surface area (Å²) in [6, 6.07) is 0.00542. The Morgan fingerprint density at radius 2 is 2.35 bits per heavy atom. The van der Waals surface area contributed by atoms with Crippen LogP contribution in [-0.2, 0) is 13.5 Å². The Balaban J connectivity index is 2.04. The van der Waals surface area contributed by atoms with E-state index in [9.17, 15) is 4.39 Å². The van der Waals surface area contributed by atoms with E-state index in [1.165, 1.54) is 0 Å². The first-order chi connectivity index (χ1) is 8.09. The van der Waals surface area contributed by atoms with E-state index in [0.717, 1.165) is 41.7 Å². The second kappa shape index (κ2) is 5.48. The normalized spacial score (nSPS) is 22.7. The first kappa shape index (κ1) is 13.0. The number of piperidine rings is 1. The number of alkyl halides is 1. The fraction of sp³-hybridized carbons (Fsp3) is 0.750. The van der Waals surface area contributed by atoms with E-state index in [-0.39, 0.29) is 6.04 Å². The zero-order valence-electron chi connectivity index (χ0n) is 10.3. The van der Waals surface area contributed by atoms with Crippen molar-refractivity contribution in [3.63, 3.8) is 0 Å². The van der Waals surface area contributed by atoms with Crippen LogP contribution in [-0.4, -0.2) is 28.5 Å². The van der Waals surface area contributed by atoms with Gasteiger partial charge in [-0.2, -0.15) is 5.10 Å². The SMILES string of the molecule is Cc1nn(C)c(CC(F)C2CCCCN2)c1Br. The number of rotatable bonds is 3. The third-order valence-corrected chi connectivity index (χ3v) is 4.47. The monoisotopic (exact) mass is 303 g/mol. The molecule has 1 aromatic rings. The van der Waals surface area contributed by atoms with E-state index in [1.54, 1.807) is 4.68 Å². The largest absolute Gasteiger partial charge is 0.311 e. The minimum atomic E-state index is -0.832. The molecule has 0 aliphatic carbocycles. The standard InChI is InChI=1S/C12H19BrFN3/c1-8-12(13)11(17(2)16-8)7-9(14)10-5-3-4-6-15-10/h9-10,15H,3-7H2,1-2H3. The van der Waals surface area contributed by atoms with Crippen LogP contribution in [0.1, 0.15) is 30.7 Å². The molecule has 2 unspecified atom stereocenters. The van der Waals surface area contributed by atoms with E-state index in [2.05, 4.69) is 26.3 Å². The van der Waals surface area contributed by atoms with Crippen LogP contribution in [0.15, 0.2) is 4.47 Å². The zero-order valence-corrected chi connectivity index (χ0v) is 11.9. The Hall–Kier alpha value is -0.420. The molecule has 1 fully saturated rings. The van der Waals surface area contributed by atoms with Crippen molar-refractivity contribution in [1.82, 2.24) is 15.1 Å². The molecule has 1 aromatic heterocycles. The van der Waals surface area contributed by atoms with Gasteiger partial charge in [0.1, 0.15) is 6.17 Å². The van der Waals surface area contributed by atoms with Gasteiger partial charge in [-0.05, 0) is 42.2 Å². The van der Waals surface area contributed by atoms with Crippen molar-refractivity contribution in [2.45, 2.75) is 44.8 Å². The summed E-state index contributed by atoms with van der Waals surface area (Å²) in [6.07, 6.45) is 2.83. The van der Waals surface area contributed by atoms with Crippen molar-refractivity contribution in [2.24, 2.45) is 7.05 Å². The molecule has 2 rings (SSSR count).